The summed E-state index contributed by atoms with van der Waals surface area (Å²) in [6.07, 6.45) is 3.45. The van der Waals surface area contributed by atoms with Crippen LogP contribution >= 0.6 is 0 Å². The SMILES string of the molecule is CC(C)C(O)C1CCCNCC1. The van der Waals surface area contributed by atoms with Crippen LogP contribution in [0.25, 0.3) is 0 Å². The summed E-state index contributed by atoms with van der Waals surface area (Å²) in [5.41, 5.74) is 0. The van der Waals surface area contributed by atoms with Gasteiger partial charge >= 0.3 is 0 Å². The quantitative estimate of drug-likeness (QED) is 0.658. The van der Waals surface area contributed by atoms with E-state index < -0.39 is 0 Å². The van der Waals surface area contributed by atoms with Crippen molar-refractivity contribution in [3.63, 3.8) is 0 Å². The monoisotopic (exact) mass is 171 g/mol. The lowest BCUT2D eigenvalue weighted by molar-refractivity contribution is 0.0586. The molecule has 1 saturated heterocycles. The fourth-order valence-corrected chi connectivity index (χ4v) is 1.93. The Hall–Kier alpha value is -0.0800. The third kappa shape index (κ3) is 2.76. The Balaban J connectivity index is 2.37. The van der Waals surface area contributed by atoms with Crippen molar-refractivity contribution >= 4 is 0 Å². The lowest BCUT2D eigenvalue weighted by Crippen LogP contribution is -2.26. The molecular weight excluding hydrogens is 150 g/mol. The maximum Gasteiger partial charge on any atom is 0.0591 e. The van der Waals surface area contributed by atoms with E-state index in [0.29, 0.717) is 11.8 Å². The van der Waals surface area contributed by atoms with Gasteiger partial charge in [-0.15, -0.1) is 0 Å². The molecule has 1 aliphatic heterocycles. The molecule has 1 aliphatic rings. The van der Waals surface area contributed by atoms with E-state index in [0.717, 1.165) is 19.5 Å². The molecule has 0 spiro atoms. The number of aliphatic hydroxyl groups is 1. The summed E-state index contributed by atoms with van der Waals surface area (Å²) in [6.45, 7) is 6.40. The first-order chi connectivity index (χ1) is 5.72. The summed E-state index contributed by atoms with van der Waals surface area (Å²) in [4.78, 5) is 0. The average molecular weight is 171 g/mol. The van der Waals surface area contributed by atoms with E-state index in [2.05, 4.69) is 19.2 Å². The minimum atomic E-state index is -0.0927. The Labute approximate surface area is 75.4 Å². The van der Waals surface area contributed by atoms with Crippen LogP contribution in [0.3, 0.4) is 0 Å². The topological polar surface area (TPSA) is 32.3 Å². The number of hydrogen-bond donors (Lipinski definition) is 2. The number of rotatable bonds is 2. The second-order valence-corrected chi connectivity index (χ2v) is 4.18. The molecule has 2 N–H and O–H groups in total. The molecule has 0 bridgehead atoms. The number of nitrogens with one attached hydrogen (secondary N) is 1. The summed E-state index contributed by atoms with van der Waals surface area (Å²) in [5.74, 6) is 0.938. The highest BCUT2D eigenvalue weighted by Gasteiger charge is 2.22. The Morgan fingerprint density at radius 2 is 2.00 bits per heavy atom. The van der Waals surface area contributed by atoms with Crippen molar-refractivity contribution in [2.45, 2.75) is 39.2 Å². The molecule has 1 rings (SSSR count). The Kier molecular flexibility index (Phi) is 4.02. The average Bonchev–Trinajstić information content (AvgIpc) is 2.30. The first kappa shape index (κ1) is 10.0. The van der Waals surface area contributed by atoms with Gasteiger partial charge in [0.1, 0.15) is 0 Å². The number of aliphatic hydroxyl groups excluding tert-OH is 1. The molecule has 0 aromatic rings. The van der Waals surface area contributed by atoms with Gasteiger partial charge in [-0.1, -0.05) is 13.8 Å². The molecule has 2 atom stereocenters. The van der Waals surface area contributed by atoms with Crippen LogP contribution in [-0.2, 0) is 0 Å². The minimum Gasteiger partial charge on any atom is -0.393 e. The van der Waals surface area contributed by atoms with Crippen molar-refractivity contribution in [1.82, 2.24) is 5.32 Å². The predicted molar refractivity (Wildman–Crippen MR) is 51.1 cm³/mol. The first-order valence-corrected chi connectivity index (χ1v) is 5.10. The van der Waals surface area contributed by atoms with Crippen molar-refractivity contribution in [3.8, 4) is 0 Å². The third-order valence-corrected chi connectivity index (χ3v) is 2.79. The standard InChI is InChI=1S/C10H21NO/c1-8(2)10(12)9-4-3-6-11-7-5-9/h8-12H,3-7H2,1-2H3. The zero-order chi connectivity index (χ0) is 8.97. The molecule has 0 aromatic heterocycles. The van der Waals surface area contributed by atoms with Crippen LogP contribution in [0.1, 0.15) is 33.1 Å². The van der Waals surface area contributed by atoms with Crippen LogP contribution in [0.15, 0.2) is 0 Å². The molecule has 0 aromatic carbocycles. The highest BCUT2D eigenvalue weighted by Crippen LogP contribution is 2.22. The fourth-order valence-electron chi connectivity index (χ4n) is 1.93. The lowest BCUT2D eigenvalue weighted by Gasteiger charge is -2.23. The van der Waals surface area contributed by atoms with Crippen molar-refractivity contribution in [2.24, 2.45) is 11.8 Å². The maximum atomic E-state index is 9.85. The Morgan fingerprint density at radius 3 is 2.67 bits per heavy atom. The van der Waals surface area contributed by atoms with E-state index in [9.17, 15) is 5.11 Å². The molecule has 1 heterocycles. The fraction of sp³-hybridized carbons (Fsp3) is 1.00. The van der Waals surface area contributed by atoms with Crippen molar-refractivity contribution in [1.29, 1.82) is 0 Å². The predicted octanol–water partition coefficient (Wildman–Crippen LogP) is 1.39. The molecular formula is C10H21NO. The molecule has 0 amide bonds. The van der Waals surface area contributed by atoms with Crippen LogP contribution in [0.5, 0.6) is 0 Å². The normalized spacial score (nSPS) is 28.5. The molecule has 72 valence electrons. The van der Waals surface area contributed by atoms with Crippen LogP contribution in [0, 0.1) is 11.8 Å². The van der Waals surface area contributed by atoms with E-state index in [4.69, 9.17) is 0 Å². The summed E-state index contributed by atoms with van der Waals surface area (Å²) in [6, 6.07) is 0. The largest absolute Gasteiger partial charge is 0.393 e. The summed E-state index contributed by atoms with van der Waals surface area (Å²) in [5, 5.41) is 13.2. The van der Waals surface area contributed by atoms with E-state index in [-0.39, 0.29) is 6.10 Å². The Morgan fingerprint density at radius 1 is 1.25 bits per heavy atom. The highest BCUT2D eigenvalue weighted by molar-refractivity contribution is 4.75. The van der Waals surface area contributed by atoms with Crippen LogP contribution in [-0.4, -0.2) is 24.3 Å². The van der Waals surface area contributed by atoms with Gasteiger partial charge in [0.05, 0.1) is 6.10 Å². The van der Waals surface area contributed by atoms with Gasteiger partial charge in [0.25, 0.3) is 0 Å². The Bertz CT molecular complexity index is 117. The molecule has 2 unspecified atom stereocenters. The van der Waals surface area contributed by atoms with Gasteiger partial charge in [-0.3, -0.25) is 0 Å². The van der Waals surface area contributed by atoms with Gasteiger partial charge < -0.3 is 10.4 Å². The van der Waals surface area contributed by atoms with E-state index in [1.54, 1.807) is 0 Å². The zero-order valence-corrected chi connectivity index (χ0v) is 8.21. The van der Waals surface area contributed by atoms with Crippen molar-refractivity contribution in [3.05, 3.63) is 0 Å². The lowest BCUT2D eigenvalue weighted by atomic mass is 9.88. The number of hydrogen-bond acceptors (Lipinski definition) is 2. The zero-order valence-electron chi connectivity index (χ0n) is 8.21. The third-order valence-electron chi connectivity index (χ3n) is 2.79. The molecule has 0 saturated carbocycles. The van der Waals surface area contributed by atoms with E-state index in [1.807, 2.05) is 0 Å². The van der Waals surface area contributed by atoms with Gasteiger partial charge in [0, 0.05) is 0 Å². The van der Waals surface area contributed by atoms with Crippen molar-refractivity contribution < 1.29 is 5.11 Å². The molecule has 2 nitrogen and oxygen atoms in total. The minimum absolute atomic E-state index is 0.0927. The summed E-state index contributed by atoms with van der Waals surface area (Å²) >= 11 is 0. The first-order valence-electron chi connectivity index (χ1n) is 5.10. The van der Waals surface area contributed by atoms with Gasteiger partial charge in [-0.25, -0.2) is 0 Å². The molecule has 1 fully saturated rings. The van der Waals surface area contributed by atoms with Crippen LogP contribution in [0.4, 0.5) is 0 Å². The van der Waals surface area contributed by atoms with Crippen LogP contribution in [0.2, 0.25) is 0 Å². The molecule has 12 heavy (non-hydrogen) atoms. The van der Waals surface area contributed by atoms with Crippen molar-refractivity contribution in [2.75, 3.05) is 13.1 Å². The summed E-state index contributed by atoms with van der Waals surface area (Å²) < 4.78 is 0. The highest BCUT2D eigenvalue weighted by atomic mass is 16.3. The van der Waals surface area contributed by atoms with E-state index >= 15 is 0 Å². The van der Waals surface area contributed by atoms with Gasteiger partial charge in [0.15, 0.2) is 0 Å². The van der Waals surface area contributed by atoms with Crippen LogP contribution < -0.4 is 5.32 Å². The second kappa shape index (κ2) is 4.83. The van der Waals surface area contributed by atoms with E-state index in [1.165, 1.54) is 12.8 Å². The summed E-state index contributed by atoms with van der Waals surface area (Å²) in [7, 11) is 0. The van der Waals surface area contributed by atoms with Gasteiger partial charge in [-0.05, 0) is 44.2 Å². The second-order valence-electron chi connectivity index (χ2n) is 4.18. The molecule has 0 radical (unpaired) electrons. The smallest absolute Gasteiger partial charge is 0.0591 e. The molecule has 0 aliphatic carbocycles. The maximum absolute atomic E-state index is 9.85. The molecule has 2 heteroatoms. The van der Waals surface area contributed by atoms with Gasteiger partial charge in [-0.2, -0.15) is 0 Å². The van der Waals surface area contributed by atoms with Gasteiger partial charge in [0.2, 0.25) is 0 Å².